The molecule has 2 aromatic carbocycles. The van der Waals surface area contributed by atoms with Gasteiger partial charge in [-0.3, -0.25) is 0 Å². The molecule has 0 bridgehead atoms. The lowest BCUT2D eigenvalue weighted by atomic mass is 9.86. The first kappa shape index (κ1) is 20.4. The average molecular weight is 395 g/mol. The number of rotatable bonds is 2. The van der Waals surface area contributed by atoms with Gasteiger partial charge in [-0.15, -0.1) is 25.3 Å². The smallest absolute Gasteiger partial charge is 0.133 e. The molecule has 0 fully saturated rings. The monoisotopic (exact) mass is 394 g/mol. The van der Waals surface area contributed by atoms with Crippen molar-refractivity contribution in [3.63, 3.8) is 0 Å². The van der Waals surface area contributed by atoms with Gasteiger partial charge in [0, 0.05) is 20.9 Å². The third-order valence-corrected chi connectivity index (χ3v) is 5.53. The van der Waals surface area contributed by atoms with E-state index in [-0.39, 0.29) is 22.3 Å². The lowest BCUT2D eigenvalue weighted by molar-refractivity contribution is 0.431. The Hall–Kier alpha value is -0.910. The molecule has 5 heteroatoms. The van der Waals surface area contributed by atoms with Crippen molar-refractivity contribution in [1.29, 1.82) is 0 Å². The number of thiol groups is 2. The van der Waals surface area contributed by atoms with Crippen LogP contribution in [0, 0.1) is 0 Å². The molecule has 0 radical (unpaired) electrons. The molecule has 2 rings (SSSR count). The van der Waals surface area contributed by atoms with Crippen molar-refractivity contribution < 1.29 is 10.2 Å². The van der Waals surface area contributed by atoms with Crippen molar-refractivity contribution in [3.8, 4) is 11.5 Å². The molecular weight excluding hydrogens is 368 g/mol. The molecule has 0 aliphatic rings. The fourth-order valence-electron chi connectivity index (χ4n) is 2.60. The van der Waals surface area contributed by atoms with Crippen molar-refractivity contribution in [3.05, 3.63) is 35.4 Å². The number of aromatic hydroxyl groups is 2. The molecule has 2 nitrogen and oxygen atoms in total. The lowest BCUT2D eigenvalue weighted by Gasteiger charge is -2.24. The van der Waals surface area contributed by atoms with Crippen LogP contribution in [-0.4, -0.2) is 10.2 Å². The molecule has 0 saturated carbocycles. The van der Waals surface area contributed by atoms with Gasteiger partial charge in [0.15, 0.2) is 0 Å². The first-order valence-electron chi connectivity index (χ1n) is 8.11. The maximum atomic E-state index is 10.7. The normalized spacial score (nSPS) is 12.5. The molecule has 0 unspecified atom stereocenters. The number of benzene rings is 2. The third-order valence-electron chi connectivity index (χ3n) is 3.96. The van der Waals surface area contributed by atoms with Gasteiger partial charge in [-0.25, -0.2) is 0 Å². The van der Waals surface area contributed by atoms with Crippen LogP contribution in [0.1, 0.15) is 52.7 Å². The Labute approximate surface area is 165 Å². The van der Waals surface area contributed by atoms with Crippen LogP contribution in [-0.2, 0) is 10.8 Å². The van der Waals surface area contributed by atoms with E-state index < -0.39 is 0 Å². The first-order chi connectivity index (χ1) is 11.3. The van der Waals surface area contributed by atoms with Crippen LogP contribution < -0.4 is 0 Å². The minimum Gasteiger partial charge on any atom is -0.506 e. The predicted octanol–water partition coefficient (Wildman–Crippen LogP) is 6.42. The second kappa shape index (κ2) is 7.01. The van der Waals surface area contributed by atoms with Crippen LogP contribution in [0.2, 0.25) is 0 Å². The van der Waals surface area contributed by atoms with Gasteiger partial charge in [0.25, 0.3) is 0 Å². The van der Waals surface area contributed by atoms with Crippen LogP contribution in [0.4, 0.5) is 0 Å². The minimum atomic E-state index is -0.206. The van der Waals surface area contributed by atoms with E-state index in [0.29, 0.717) is 9.79 Å². The molecule has 136 valence electrons. The molecule has 0 amide bonds. The van der Waals surface area contributed by atoms with E-state index in [4.69, 9.17) is 0 Å². The molecule has 0 saturated heterocycles. The van der Waals surface area contributed by atoms with E-state index in [0.717, 1.165) is 20.9 Å². The summed E-state index contributed by atoms with van der Waals surface area (Å²) in [4.78, 5) is 2.91. The van der Waals surface area contributed by atoms with E-state index in [2.05, 4.69) is 25.3 Å². The highest BCUT2D eigenvalue weighted by Gasteiger charge is 2.24. The molecule has 0 aromatic heterocycles. The number of hydrogen-bond acceptors (Lipinski definition) is 5. The number of phenolic OH excluding ortho intramolecular Hbond substituents is 2. The second-order valence-electron chi connectivity index (χ2n) is 8.28. The summed E-state index contributed by atoms with van der Waals surface area (Å²) in [5.74, 6) is 0.466. The zero-order chi connectivity index (χ0) is 19.2. The van der Waals surface area contributed by atoms with Crippen LogP contribution in [0.25, 0.3) is 0 Å². The summed E-state index contributed by atoms with van der Waals surface area (Å²) >= 11 is 10.3. The van der Waals surface area contributed by atoms with Crippen molar-refractivity contribution in [1.82, 2.24) is 0 Å². The Morgan fingerprint density at radius 1 is 0.680 bits per heavy atom. The van der Waals surface area contributed by atoms with Gasteiger partial charge in [-0.2, -0.15) is 0 Å². The van der Waals surface area contributed by atoms with Gasteiger partial charge >= 0.3 is 0 Å². The summed E-state index contributed by atoms with van der Waals surface area (Å²) in [6.07, 6.45) is 0. The van der Waals surface area contributed by atoms with Crippen LogP contribution in [0.3, 0.4) is 0 Å². The molecule has 2 N–H and O–H groups in total. The van der Waals surface area contributed by atoms with Gasteiger partial charge in [0.05, 0.1) is 9.79 Å². The Bertz CT molecular complexity index is 733. The van der Waals surface area contributed by atoms with Crippen LogP contribution in [0.5, 0.6) is 11.5 Å². The molecular formula is C20H26O2S3. The van der Waals surface area contributed by atoms with Crippen molar-refractivity contribution in [2.75, 3.05) is 0 Å². The Morgan fingerprint density at radius 2 is 1.00 bits per heavy atom. The maximum absolute atomic E-state index is 10.7. The molecule has 25 heavy (non-hydrogen) atoms. The molecule has 0 heterocycles. The summed E-state index contributed by atoms with van der Waals surface area (Å²) < 4.78 is 0. The minimum absolute atomic E-state index is 0.206. The van der Waals surface area contributed by atoms with E-state index in [1.165, 1.54) is 11.8 Å². The van der Waals surface area contributed by atoms with E-state index >= 15 is 0 Å². The third kappa shape index (κ3) is 4.63. The zero-order valence-corrected chi connectivity index (χ0v) is 18.1. The standard InChI is InChI=1S/C20H26O2S3/c1-19(2,3)13-7-11(23)9-15(17(13)21)25-16-10-12(24)8-14(18(16)22)20(4,5)6/h7-10,21-24H,1-6H3. The molecule has 0 aliphatic carbocycles. The SMILES string of the molecule is CC(C)(C)c1cc(S)cc(Sc2cc(S)cc(C(C)(C)C)c2O)c1O. The largest absolute Gasteiger partial charge is 0.506 e. The van der Waals surface area contributed by atoms with Gasteiger partial charge in [-0.1, -0.05) is 53.3 Å². The van der Waals surface area contributed by atoms with E-state index in [1.807, 2.05) is 65.8 Å². The predicted molar refractivity (Wildman–Crippen MR) is 112 cm³/mol. The number of hydrogen-bond donors (Lipinski definition) is 4. The summed E-state index contributed by atoms with van der Waals surface area (Å²) in [6.45, 7) is 12.3. The van der Waals surface area contributed by atoms with Gasteiger partial charge < -0.3 is 10.2 Å². The molecule has 0 atom stereocenters. The van der Waals surface area contributed by atoms with Crippen molar-refractivity contribution in [2.24, 2.45) is 0 Å². The van der Waals surface area contributed by atoms with Crippen LogP contribution >= 0.6 is 37.0 Å². The van der Waals surface area contributed by atoms with E-state index in [9.17, 15) is 10.2 Å². The highest BCUT2D eigenvalue weighted by Crippen LogP contribution is 2.47. The molecule has 2 aromatic rings. The summed E-state index contributed by atoms with van der Waals surface area (Å²) in [6, 6.07) is 7.41. The maximum Gasteiger partial charge on any atom is 0.133 e. The summed E-state index contributed by atoms with van der Waals surface area (Å²) in [7, 11) is 0. The summed E-state index contributed by atoms with van der Waals surface area (Å²) in [5.41, 5.74) is 1.25. The molecule has 0 aliphatic heterocycles. The number of phenols is 2. The highest BCUT2D eigenvalue weighted by molar-refractivity contribution is 7.99. The Morgan fingerprint density at radius 3 is 1.28 bits per heavy atom. The highest BCUT2D eigenvalue weighted by atomic mass is 32.2. The van der Waals surface area contributed by atoms with Gasteiger partial charge in [0.1, 0.15) is 11.5 Å². The quantitative estimate of drug-likeness (QED) is 0.444. The zero-order valence-electron chi connectivity index (χ0n) is 15.5. The lowest BCUT2D eigenvalue weighted by Crippen LogP contribution is -2.12. The topological polar surface area (TPSA) is 40.5 Å². The first-order valence-corrected chi connectivity index (χ1v) is 9.82. The molecule has 0 spiro atoms. The van der Waals surface area contributed by atoms with Crippen molar-refractivity contribution >= 4 is 37.0 Å². The van der Waals surface area contributed by atoms with Gasteiger partial charge in [0.2, 0.25) is 0 Å². The Kier molecular flexibility index (Phi) is 5.72. The second-order valence-corrected chi connectivity index (χ2v) is 10.4. The van der Waals surface area contributed by atoms with Gasteiger partial charge in [-0.05, 0) is 35.1 Å². The van der Waals surface area contributed by atoms with Crippen molar-refractivity contribution in [2.45, 2.75) is 72.0 Å². The summed E-state index contributed by atoms with van der Waals surface area (Å²) in [5, 5.41) is 21.5. The van der Waals surface area contributed by atoms with E-state index in [1.54, 1.807) is 0 Å². The fraction of sp³-hybridized carbons (Fsp3) is 0.400. The van der Waals surface area contributed by atoms with Crippen LogP contribution in [0.15, 0.2) is 43.8 Å². The fourth-order valence-corrected chi connectivity index (χ4v) is 4.32. The average Bonchev–Trinajstić information content (AvgIpc) is 2.43. The Balaban J connectivity index is 2.58.